The number of nitrogens with one attached hydrogen (secondary N) is 2. The van der Waals surface area contributed by atoms with Crippen LogP contribution in [-0.2, 0) is 16.0 Å². The molecule has 0 aliphatic rings. The van der Waals surface area contributed by atoms with Crippen molar-refractivity contribution in [3.63, 3.8) is 0 Å². The van der Waals surface area contributed by atoms with E-state index in [1.54, 1.807) is 14.2 Å². The number of benzene rings is 1. The van der Waals surface area contributed by atoms with Crippen molar-refractivity contribution in [3.05, 3.63) is 29.8 Å². The maximum Gasteiger partial charge on any atom is 0.191 e. The Morgan fingerprint density at radius 3 is 2.62 bits per heavy atom. The van der Waals surface area contributed by atoms with Gasteiger partial charge in [-0.1, -0.05) is 25.5 Å². The van der Waals surface area contributed by atoms with E-state index in [9.17, 15) is 0 Å². The van der Waals surface area contributed by atoms with Gasteiger partial charge in [0.2, 0.25) is 0 Å². The molecule has 0 fully saturated rings. The number of halogens is 1. The molecule has 1 aromatic carbocycles. The standard InChI is InChI=1S/C19H33N3O3.HI/c1-4-5-11-24-12-7-10-21-19(20-2)22-16-17-8-6-9-18(15-17)25-14-13-23-3;/h6,8-9,15H,4-5,7,10-14,16H2,1-3H3,(H2,20,21,22);1H. The SMILES string of the molecule is CCCCOCCCNC(=NC)NCc1cccc(OCCOC)c1.I. The molecular weight excluding hydrogens is 445 g/mol. The molecule has 6 nitrogen and oxygen atoms in total. The lowest BCUT2D eigenvalue weighted by Gasteiger charge is -2.13. The molecule has 0 unspecified atom stereocenters. The molecule has 0 aliphatic heterocycles. The molecule has 0 saturated carbocycles. The number of ether oxygens (including phenoxy) is 3. The summed E-state index contributed by atoms with van der Waals surface area (Å²) in [5.74, 6) is 1.64. The maximum atomic E-state index is 5.63. The van der Waals surface area contributed by atoms with Crippen molar-refractivity contribution >= 4 is 29.9 Å². The highest BCUT2D eigenvalue weighted by molar-refractivity contribution is 14.0. The lowest BCUT2D eigenvalue weighted by Crippen LogP contribution is -2.37. The van der Waals surface area contributed by atoms with Gasteiger partial charge in [-0.2, -0.15) is 0 Å². The normalized spacial score (nSPS) is 11.0. The number of unbranched alkanes of at least 4 members (excludes halogenated alkanes) is 1. The highest BCUT2D eigenvalue weighted by Gasteiger charge is 2.00. The molecule has 0 spiro atoms. The number of nitrogens with zero attached hydrogens (tertiary/aromatic N) is 1. The smallest absolute Gasteiger partial charge is 0.191 e. The Labute approximate surface area is 175 Å². The fourth-order valence-corrected chi connectivity index (χ4v) is 2.12. The van der Waals surface area contributed by atoms with Crippen LogP contribution in [0.25, 0.3) is 0 Å². The van der Waals surface area contributed by atoms with Gasteiger partial charge in [-0.05, 0) is 30.5 Å². The van der Waals surface area contributed by atoms with Crippen LogP contribution in [-0.4, -0.2) is 53.1 Å². The summed E-state index contributed by atoms with van der Waals surface area (Å²) in [5, 5.41) is 6.61. The topological polar surface area (TPSA) is 64.1 Å². The van der Waals surface area contributed by atoms with Gasteiger partial charge in [-0.3, -0.25) is 4.99 Å². The minimum Gasteiger partial charge on any atom is -0.491 e. The molecule has 2 N–H and O–H groups in total. The Kier molecular flexibility index (Phi) is 16.7. The van der Waals surface area contributed by atoms with Crippen molar-refractivity contribution in [3.8, 4) is 5.75 Å². The summed E-state index contributed by atoms with van der Waals surface area (Å²) in [6.45, 7) is 6.47. The van der Waals surface area contributed by atoms with Gasteiger partial charge in [0.05, 0.1) is 6.61 Å². The second kappa shape index (κ2) is 17.4. The van der Waals surface area contributed by atoms with Crippen LogP contribution in [0.15, 0.2) is 29.3 Å². The molecule has 0 saturated heterocycles. The van der Waals surface area contributed by atoms with Crippen molar-refractivity contribution in [1.29, 1.82) is 0 Å². The first-order chi connectivity index (χ1) is 12.3. The van der Waals surface area contributed by atoms with Crippen LogP contribution in [0.1, 0.15) is 31.7 Å². The van der Waals surface area contributed by atoms with Crippen LogP contribution in [0.2, 0.25) is 0 Å². The van der Waals surface area contributed by atoms with E-state index < -0.39 is 0 Å². The van der Waals surface area contributed by atoms with E-state index in [0.717, 1.165) is 49.9 Å². The number of hydrogen-bond donors (Lipinski definition) is 2. The predicted molar refractivity (Wildman–Crippen MR) is 118 cm³/mol. The zero-order chi connectivity index (χ0) is 18.2. The minimum atomic E-state index is 0. The molecular formula is C19H34IN3O3. The fourth-order valence-electron chi connectivity index (χ4n) is 2.12. The Hall–Kier alpha value is -1.06. The molecule has 1 aromatic rings. The molecule has 7 heteroatoms. The number of aliphatic imine (C=N–C) groups is 1. The number of guanidine groups is 1. The van der Waals surface area contributed by atoms with E-state index >= 15 is 0 Å². The van der Waals surface area contributed by atoms with Crippen molar-refractivity contribution in [2.75, 3.05) is 47.1 Å². The van der Waals surface area contributed by atoms with Crippen LogP contribution in [0.5, 0.6) is 5.75 Å². The van der Waals surface area contributed by atoms with Gasteiger partial charge in [0.1, 0.15) is 12.4 Å². The maximum absolute atomic E-state index is 5.63. The Morgan fingerprint density at radius 1 is 1.08 bits per heavy atom. The van der Waals surface area contributed by atoms with Crippen molar-refractivity contribution < 1.29 is 14.2 Å². The summed E-state index contributed by atoms with van der Waals surface area (Å²) < 4.78 is 16.2. The summed E-state index contributed by atoms with van der Waals surface area (Å²) in [7, 11) is 3.44. The third-order valence-corrected chi connectivity index (χ3v) is 3.54. The van der Waals surface area contributed by atoms with Gasteiger partial charge in [0.25, 0.3) is 0 Å². The molecule has 0 bridgehead atoms. The molecule has 0 amide bonds. The molecule has 26 heavy (non-hydrogen) atoms. The van der Waals surface area contributed by atoms with Crippen LogP contribution in [0.3, 0.4) is 0 Å². The third kappa shape index (κ3) is 12.3. The number of rotatable bonds is 13. The average molecular weight is 479 g/mol. The van der Waals surface area contributed by atoms with Crippen LogP contribution >= 0.6 is 24.0 Å². The first-order valence-corrected chi connectivity index (χ1v) is 9.03. The number of hydrogen-bond acceptors (Lipinski definition) is 4. The van der Waals surface area contributed by atoms with Crippen LogP contribution in [0.4, 0.5) is 0 Å². The molecule has 0 heterocycles. The van der Waals surface area contributed by atoms with E-state index in [2.05, 4.69) is 28.6 Å². The third-order valence-electron chi connectivity index (χ3n) is 3.54. The lowest BCUT2D eigenvalue weighted by molar-refractivity contribution is 0.129. The Balaban J connectivity index is 0.00000625. The summed E-state index contributed by atoms with van der Waals surface area (Å²) in [6, 6.07) is 8.02. The van der Waals surface area contributed by atoms with Gasteiger partial charge >= 0.3 is 0 Å². The van der Waals surface area contributed by atoms with Gasteiger partial charge in [0.15, 0.2) is 5.96 Å². The van der Waals surface area contributed by atoms with Gasteiger partial charge < -0.3 is 24.8 Å². The predicted octanol–water partition coefficient (Wildman–Crippen LogP) is 3.20. The zero-order valence-corrected chi connectivity index (χ0v) is 18.6. The molecule has 150 valence electrons. The minimum absolute atomic E-state index is 0. The van der Waals surface area contributed by atoms with Crippen LogP contribution in [0, 0.1) is 0 Å². The summed E-state index contributed by atoms with van der Waals surface area (Å²) >= 11 is 0. The van der Waals surface area contributed by atoms with Crippen molar-refractivity contribution in [2.45, 2.75) is 32.7 Å². The highest BCUT2D eigenvalue weighted by Crippen LogP contribution is 2.13. The van der Waals surface area contributed by atoms with Crippen molar-refractivity contribution in [1.82, 2.24) is 10.6 Å². The Bertz CT molecular complexity index is 487. The Morgan fingerprint density at radius 2 is 1.88 bits per heavy atom. The molecule has 0 aliphatic carbocycles. The van der Waals surface area contributed by atoms with E-state index in [-0.39, 0.29) is 24.0 Å². The van der Waals surface area contributed by atoms with Gasteiger partial charge in [-0.25, -0.2) is 0 Å². The lowest BCUT2D eigenvalue weighted by atomic mass is 10.2. The van der Waals surface area contributed by atoms with E-state index in [1.807, 2.05) is 18.2 Å². The zero-order valence-electron chi connectivity index (χ0n) is 16.3. The second-order valence-corrected chi connectivity index (χ2v) is 5.66. The number of methoxy groups -OCH3 is 1. The molecule has 0 aromatic heterocycles. The van der Waals surface area contributed by atoms with E-state index in [1.165, 1.54) is 6.42 Å². The average Bonchev–Trinajstić information content (AvgIpc) is 2.64. The largest absolute Gasteiger partial charge is 0.491 e. The summed E-state index contributed by atoms with van der Waals surface area (Å²) in [5.41, 5.74) is 1.14. The second-order valence-electron chi connectivity index (χ2n) is 5.66. The molecule has 0 radical (unpaired) electrons. The molecule has 1 rings (SSSR count). The van der Waals surface area contributed by atoms with Crippen LogP contribution < -0.4 is 15.4 Å². The van der Waals surface area contributed by atoms with Gasteiger partial charge in [-0.15, -0.1) is 24.0 Å². The summed E-state index contributed by atoms with van der Waals surface area (Å²) in [4.78, 5) is 4.24. The highest BCUT2D eigenvalue weighted by atomic mass is 127. The monoisotopic (exact) mass is 479 g/mol. The van der Waals surface area contributed by atoms with E-state index in [4.69, 9.17) is 14.2 Å². The quantitative estimate of drug-likeness (QED) is 0.197. The van der Waals surface area contributed by atoms with Crippen molar-refractivity contribution in [2.24, 2.45) is 4.99 Å². The fraction of sp³-hybridized carbons (Fsp3) is 0.632. The first-order valence-electron chi connectivity index (χ1n) is 9.03. The van der Waals surface area contributed by atoms with Gasteiger partial charge in [0, 0.05) is 40.5 Å². The first kappa shape index (κ1) is 24.9. The summed E-state index contributed by atoms with van der Waals surface area (Å²) in [6.07, 6.45) is 3.27. The van der Waals surface area contributed by atoms with E-state index in [0.29, 0.717) is 19.8 Å². The molecule has 0 atom stereocenters.